The minimum atomic E-state index is -0.108. The van der Waals surface area contributed by atoms with Crippen molar-refractivity contribution in [2.45, 2.75) is 13.0 Å². The first-order chi connectivity index (χ1) is 13.2. The molecule has 27 heavy (non-hydrogen) atoms. The van der Waals surface area contributed by atoms with E-state index >= 15 is 0 Å². The van der Waals surface area contributed by atoms with Crippen molar-refractivity contribution in [2.75, 3.05) is 0 Å². The summed E-state index contributed by atoms with van der Waals surface area (Å²) in [6.45, 7) is 0.603. The lowest BCUT2D eigenvalue weighted by Crippen LogP contribution is -2.19. The van der Waals surface area contributed by atoms with Gasteiger partial charge in [-0.25, -0.2) is 5.43 Å². The minimum Gasteiger partial charge on any atom is -0.340 e. The second-order valence-corrected chi connectivity index (χ2v) is 7.20. The maximum atomic E-state index is 12.2. The van der Waals surface area contributed by atoms with Crippen LogP contribution < -0.4 is 5.43 Å². The molecule has 0 aliphatic rings. The number of benzene rings is 3. The van der Waals surface area contributed by atoms with Gasteiger partial charge < -0.3 is 4.57 Å². The molecule has 4 rings (SSSR count). The molecule has 3 aromatic carbocycles. The standard InChI is InChI=1S/C22H18BrN3O/c23-17-7-5-6-16(14-17)15-24-25-22(27)12-13-26-20-10-3-1-8-18(20)19-9-2-4-11-21(19)26/h1-11,14-15H,12-13H2,(H,25,27). The zero-order valence-corrected chi connectivity index (χ0v) is 16.2. The van der Waals surface area contributed by atoms with E-state index in [1.54, 1.807) is 6.21 Å². The van der Waals surface area contributed by atoms with Gasteiger partial charge in [-0.15, -0.1) is 0 Å². The van der Waals surface area contributed by atoms with Gasteiger partial charge in [-0.2, -0.15) is 5.10 Å². The lowest BCUT2D eigenvalue weighted by atomic mass is 10.2. The predicted molar refractivity (Wildman–Crippen MR) is 114 cm³/mol. The summed E-state index contributed by atoms with van der Waals surface area (Å²) in [5.41, 5.74) is 5.82. The molecule has 0 fully saturated rings. The van der Waals surface area contributed by atoms with Gasteiger partial charge in [0.2, 0.25) is 5.91 Å². The summed E-state index contributed by atoms with van der Waals surface area (Å²) in [5.74, 6) is -0.108. The van der Waals surface area contributed by atoms with Crippen LogP contribution in [0.3, 0.4) is 0 Å². The van der Waals surface area contributed by atoms with Gasteiger partial charge >= 0.3 is 0 Å². The van der Waals surface area contributed by atoms with Crippen LogP contribution in [-0.4, -0.2) is 16.7 Å². The van der Waals surface area contributed by atoms with E-state index in [2.05, 4.69) is 55.3 Å². The van der Waals surface area contributed by atoms with Crippen molar-refractivity contribution in [1.82, 2.24) is 9.99 Å². The van der Waals surface area contributed by atoms with E-state index in [0.717, 1.165) is 21.1 Å². The number of carbonyl (C=O) groups is 1. The zero-order valence-electron chi connectivity index (χ0n) is 14.6. The summed E-state index contributed by atoms with van der Waals surface area (Å²) in [6, 6.07) is 24.3. The number of rotatable bonds is 5. The Kier molecular flexibility index (Phi) is 5.03. The lowest BCUT2D eigenvalue weighted by Gasteiger charge is -2.06. The van der Waals surface area contributed by atoms with Crippen LogP contribution in [0.2, 0.25) is 0 Å². The number of halogens is 1. The normalized spacial score (nSPS) is 11.4. The highest BCUT2D eigenvalue weighted by atomic mass is 79.9. The summed E-state index contributed by atoms with van der Waals surface area (Å²) >= 11 is 3.42. The molecule has 0 bridgehead atoms. The second-order valence-electron chi connectivity index (χ2n) is 6.28. The second kappa shape index (κ2) is 7.76. The molecular formula is C22H18BrN3O. The fraction of sp³-hybridized carbons (Fsp3) is 0.0909. The van der Waals surface area contributed by atoms with Gasteiger partial charge in [0.25, 0.3) is 0 Å². The van der Waals surface area contributed by atoms with Gasteiger partial charge in [-0.05, 0) is 29.8 Å². The lowest BCUT2D eigenvalue weighted by molar-refractivity contribution is -0.121. The first-order valence-corrected chi connectivity index (χ1v) is 9.55. The number of hydrazone groups is 1. The van der Waals surface area contributed by atoms with Crippen molar-refractivity contribution >= 4 is 49.9 Å². The quantitative estimate of drug-likeness (QED) is 0.355. The molecule has 0 radical (unpaired) electrons. The summed E-state index contributed by atoms with van der Waals surface area (Å²) in [4.78, 5) is 12.2. The van der Waals surface area contributed by atoms with Gasteiger partial charge in [0, 0.05) is 39.2 Å². The Morgan fingerprint density at radius 1 is 0.963 bits per heavy atom. The van der Waals surface area contributed by atoms with E-state index in [9.17, 15) is 4.79 Å². The third kappa shape index (κ3) is 3.78. The number of aryl methyl sites for hydroxylation is 1. The number of carbonyl (C=O) groups excluding carboxylic acids is 1. The molecule has 1 heterocycles. The van der Waals surface area contributed by atoms with Crippen molar-refractivity contribution in [3.63, 3.8) is 0 Å². The number of para-hydroxylation sites is 2. The Bertz CT molecular complexity index is 1090. The maximum absolute atomic E-state index is 12.2. The van der Waals surface area contributed by atoms with E-state index in [-0.39, 0.29) is 5.91 Å². The Hall–Kier alpha value is -2.92. The molecule has 0 aliphatic carbocycles. The zero-order chi connectivity index (χ0) is 18.6. The summed E-state index contributed by atoms with van der Waals surface area (Å²) in [7, 11) is 0. The first-order valence-electron chi connectivity index (χ1n) is 8.76. The van der Waals surface area contributed by atoms with Crippen molar-refractivity contribution in [2.24, 2.45) is 5.10 Å². The van der Waals surface area contributed by atoms with Crippen LogP contribution in [0.4, 0.5) is 0 Å². The summed E-state index contributed by atoms with van der Waals surface area (Å²) < 4.78 is 3.17. The Morgan fingerprint density at radius 3 is 2.30 bits per heavy atom. The van der Waals surface area contributed by atoms with Crippen molar-refractivity contribution in [3.05, 3.63) is 82.8 Å². The largest absolute Gasteiger partial charge is 0.340 e. The topological polar surface area (TPSA) is 46.4 Å². The van der Waals surface area contributed by atoms with Gasteiger partial charge in [0.05, 0.1) is 6.21 Å². The molecule has 0 saturated heterocycles. The van der Waals surface area contributed by atoms with E-state index in [4.69, 9.17) is 0 Å². The van der Waals surface area contributed by atoms with Crippen LogP contribution in [-0.2, 0) is 11.3 Å². The molecule has 0 spiro atoms. The van der Waals surface area contributed by atoms with Crippen LogP contribution in [0.1, 0.15) is 12.0 Å². The van der Waals surface area contributed by atoms with Crippen LogP contribution in [0, 0.1) is 0 Å². The molecule has 4 nitrogen and oxygen atoms in total. The van der Waals surface area contributed by atoms with Gasteiger partial charge in [-0.3, -0.25) is 4.79 Å². The first kappa shape index (κ1) is 17.5. The number of amides is 1. The number of hydrogen-bond donors (Lipinski definition) is 1. The molecular weight excluding hydrogens is 402 g/mol. The van der Waals surface area contributed by atoms with E-state index in [0.29, 0.717) is 13.0 Å². The SMILES string of the molecule is O=C(CCn1c2ccccc2c2ccccc21)NN=Cc1cccc(Br)c1. The third-order valence-electron chi connectivity index (χ3n) is 4.49. The fourth-order valence-electron chi connectivity index (χ4n) is 3.28. The molecule has 1 amide bonds. The number of nitrogens with zero attached hydrogens (tertiary/aromatic N) is 2. The average molecular weight is 420 g/mol. The highest BCUT2D eigenvalue weighted by Gasteiger charge is 2.10. The third-order valence-corrected chi connectivity index (χ3v) is 4.99. The monoisotopic (exact) mass is 419 g/mol. The molecule has 1 aromatic heterocycles. The van der Waals surface area contributed by atoms with Crippen LogP contribution in [0.15, 0.2) is 82.4 Å². The molecule has 0 saturated carbocycles. The molecule has 0 aliphatic heterocycles. The van der Waals surface area contributed by atoms with Crippen LogP contribution in [0.25, 0.3) is 21.8 Å². The van der Waals surface area contributed by atoms with Gasteiger partial charge in [-0.1, -0.05) is 64.5 Å². The van der Waals surface area contributed by atoms with Crippen molar-refractivity contribution in [3.8, 4) is 0 Å². The van der Waals surface area contributed by atoms with E-state index in [1.807, 2.05) is 48.5 Å². The van der Waals surface area contributed by atoms with Crippen molar-refractivity contribution in [1.29, 1.82) is 0 Å². The van der Waals surface area contributed by atoms with Crippen molar-refractivity contribution < 1.29 is 4.79 Å². The Balaban J connectivity index is 1.47. The van der Waals surface area contributed by atoms with E-state index in [1.165, 1.54) is 10.8 Å². The Morgan fingerprint density at radius 2 is 1.63 bits per heavy atom. The molecule has 5 heteroatoms. The Labute approximate surface area is 165 Å². The minimum absolute atomic E-state index is 0.108. The van der Waals surface area contributed by atoms with Gasteiger partial charge in [0.1, 0.15) is 0 Å². The average Bonchev–Trinajstić information content (AvgIpc) is 3.00. The number of aromatic nitrogens is 1. The van der Waals surface area contributed by atoms with Gasteiger partial charge in [0.15, 0.2) is 0 Å². The fourth-order valence-corrected chi connectivity index (χ4v) is 3.70. The summed E-state index contributed by atoms with van der Waals surface area (Å²) in [5, 5.41) is 6.47. The summed E-state index contributed by atoms with van der Waals surface area (Å²) in [6.07, 6.45) is 2.00. The number of nitrogens with one attached hydrogen (secondary N) is 1. The molecule has 4 aromatic rings. The smallest absolute Gasteiger partial charge is 0.241 e. The van der Waals surface area contributed by atoms with Crippen LogP contribution >= 0.6 is 15.9 Å². The molecule has 1 N–H and O–H groups in total. The molecule has 134 valence electrons. The molecule has 0 unspecified atom stereocenters. The maximum Gasteiger partial charge on any atom is 0.241 e. The molecule has 0 atom stereocenters. The van der Waals surface area contributed by atoms with Crippen LogP contribution in [0.5, 0.6) is 0 Å². The highest BCUT2D eigenvalue weighted by Crippen LogP contribution is 2.28. The number of fused-ring (bicyclic) bond motifs is 3. The highest BCUT2D eigenvalue weighted by molar-refractivity contribution is 9.10. The predicted octanol–water partition coefficient (Wildman–Crippen LogP) is 5.10. The van der Waals surface area contributed by atoms with E-state index < -0.39 is 0 Å². The number of hydrogen-bond acceptors (Lipinski definition) is 2.